The second-order valence-corrected chi connectivity index (χ2v) is 5.58. The molecule has 0 aliphatic carbocycles. The summed E-state index contributed by atoms with van der Waals surface area (Å²) in [5, 5.41) is 2.64. The van der Waals surface area contributed by atoms with E-state index in [1.165, 1.54) is 10.6 Å². The van der Waals surface area contributed by atoms with Crippen LogP contribution in [0.1, 0.15) is 29.8 Å². The van der Waals surface area contributed by atoms with E-state index in [2.05, 4.69) is 10.3 Å². The molecule has 0 saturated heterocycles. The number of aryl methyl sites for hydroxylation is 1. The lowest BCUT2D eigenvalue weighted by Gasteiger charge is -2.18. The van der Waals surface area contributed by atoms with Crippen molar-refractivity contribution in [2.24, 2.45) is 5.73 Å². The number of carbonyl (C=O) groups is 1. The Morgan fingerprint density at radius 2 is 2.10 bits per heavy atom. The van der Waals surface area contributed by atoms with Gasteiger partial charge in [-0.05, 0) is 32.4 Å². The van der Waals surface area contributed by atoms with E-state index in [0.29, 0.717) is 5.65 Å². The highest BCUT2D eigenvalue weighted by Gasteiger charge is 2.16. The van der Waals surface area contributed by atoms with Crippen LogP contribution in [0.4, 0.5) is 0 Å². The predicted molar refractivity (Wildman–Crippen MR) is 84.0 cm³/mol. The van der Waals surface area contributed by atoms with Crippen LogP contribution in [-0.4, -0.2) is 27.4 Å². The van der Waals surface area contributed by atoms with Crippen LogP contribution < -0.4 is 16.6 Å². The minimum atomic E-state index is -0.535. The number of pyridine rings is 1. The first kappa shape index (κ1) is 17.1. The minimum Gasteiger partial charge on any atom is -0.350 e. The van der Waals surface area contributed by atoms with Crippen LogP contribution in [0, 0.1) is 6.92 Å². The standard InChI is InChI=1S/C14H18N4O2.ClH/c1-9-4-5-11-16-6-10(13(20)18(11)7-9)12(19)17-8-14(2,3)15;/h4-7H,8,15H2,1-3H3,(H,17,19);1H. The van der Waals surface area contributed by atoms with Crippen molar-refractivity contribution in [2.45, 2.75) is 26.3 Å². The zero-order valence-electron chi connectivity index (χ0n) is 12.2. The summed E-state index contributed by atoms with van der Waals surface area (Å²) in [5.74, 6) is -0.461. The normalized spacial score (nSPS) is 11.0. The molecule has 3 N–H and O–H groups in total. The summed E-state index contributed by atoms with van der Waals surface area (Å²) in [6.07, 6.45) is 2.96. The molecule has 2 rings (SSSR count). The van der Waals surface area contributed by atoms with Gasteiger partial charge in [-0.3, -0.25) is 14.0 Å². The fraction of sp³-hybridized carbons (Fsp3) is 0.357. The van der Waals surface area contributed by atoms with E-state index in [1.54, 1.807) is 26.1 Å². The highest BCUT2D eigenvalue weighted by atomic mass is 35.5. The summed E-state index contributed by atoms with van der Waals surface area (Å²) in [7, 11) is 0. The average molecular weight is 311 g/mol. The van der Waals surface area contributed by atoms with Crippen LogP contribution in [0.2, 0.25) is 0 Å². The molecular formula is C14H19ClN4O2. The van der Waals surface area contributed by atoms with Gasteiger partial charge in [0.25, 0.3) is 11.5 Å². The quantitative estimate of drug-likeness (QED) is 0.881. The van der Waals surface area contributed by atoms with E-state index in [0.717, 1.165) is 5.56 Å². The summed E-state index contributed by atoms with van der Waals surface area (Å²) >= 11 is 0. The maximum Gasteiger partial charge on any atom is 0.270 e. The Morgan fingerprint density at radius 3 is 2.71 bits per heavy atom. The molecule has 6 nitrogen and oxygen atoms in total. The maximum absolute atomic E-state index is 12.3. The van der Waals surface area contributed by atoms with Gasteiger partial charge in [-0.2, -0.15) is 0 Å². The summed E-state index contributed by atoms with van der Waals surface area (Å²) < 4.78 is 1.37. The number of hydrogen-bond donors (Lipinski definition) is 2. The number of rotatable bonds is 3. The first-order chi connectivity index (χ1) is 9.28. The van der Waals surface area contributed by atoms with Crippen LogP contribution in [0.25, 0.3) is 5.65 Å². The SMILES string of the molecule is Cc1ccc2ncc(C(=O)NCC(C)(C)N)c(=O)n2c1.Cl. The van der Waals surface area contributed by atoms with Crippen LogP contribution in [0.5, 0.6) is 0 Å². The third kappa shape index (κ3) is 4.03. The van der Waals surface area contributed by atoms with E-state index in [1.807, 2.05) is 13.0 Å². The lowest BCUT2D eigenvalue weighted by Crippen LogP contribution is -2.46. The zero-order valence-corrected chi connectivity index (χ0v) is 13.0. The maximum atomic E-state index is 12.3. The van der Waals surface area contributed by atoms with E-state index < -0.39 is 11.4 Å². The van der Waals surface area contributed by atoms with Gasteiger partial charge in [0.2, 0.25) is 0 Å². The Balaban J connectivity index is 0.00000220. The Labute approximate surface area is 128 Å². The zero-order chi connectivity index (χ0) is 14.9. The molecule has 0 bridgehead atoms. The van der Waals surface area contributed by atoms with Crippen LogP contribution in [0.15, 0.2) is 29.3 Å². The summed E-state index contributed by atoms with van der Waals surface area (Å²) in [6, 6.07) is 3.60. The molecule has 2 aromatic heterocycles. The molecule has 0 aliphatic heterocycles. The molecule has 7 heteroatoms. The van der Waals surface area contributed by atoms with E-state index in [-0.39, 0.29) is 30.1 Å². The number of fused-ring (bicyclic) bond motifs is 1. The van der Waals surface area contributed by atoms with Gasteiger partial charge in [0.05, 0.1) is 0 Å². The third-order valence-corrected chi connectivity index (χ3v) is 2.80. The molecule has 21 heavy (non-hydrogen) atoms. The van der Waals surface area contributed by atoms with Gasteiger partial charge in [-0.25, -0.2) is 4.98 Å². The number of carbonyl (C=O) groups excluding carboxylic acids is 1. The van der Waals surface area contributed by atoms with Crippen molar-refractivity contribution in [1.82, 2.24) is 14.7 Å². The predicted octanol–water partition coefficient (Wildman–Crippen LogP) is 0.892. The van der Waals surface area contributed by atoms with Gasteiger partial charge in [-0.1, -0.05) is 6.07 Å². The molecule has 0 aliphatic rings. The van der Waals surface area contributed by atoms with Gasteiger partial charge < -0.3 is 11.1 Å². The number of nitrogens with two attached hydrogens (primary N) is 1. The largest absolute Gasteiger partial charge is 0.350 e. The Morgan fingerprint density at radius 1 is 1.43 bits per heavy atom. The van der Waals surface area contributed by atoms with Crippen molar-refractivity contribution in [3.05, 3.63) is 46.0 Å². The number of halogens is 1. The highest BCUT2D eigenvalue weighted by Crippen LogP contribution is 2.02. The molecule has 1 amide bonds. The second kappa shape index (κ2) is 6.24. The molecule has 0 fully saturated rings. The van der Waals surface area contributed by atoms with Crippen LogP contribution >= 0.6 is 12.4 Å². The lowest BCUT2D eigenvalue weighted by atomic mass is 10.1. The number of nitrogens with one attached hydrogen (secondary N) is 1. The van der Waals surface area contributed by atoms with Crippen molar-refractivity contribution in [1.29, 1.82) is 0 Å². The Hall–Kier alpha value is -1.92. The summed E-state index contributed by atoms with van der Waals surface area (Å²) in [6.45, 7) is 5.74. The first-order valence-corrected chi connectivity index (χ1v) is 6.33. The van der Waals surface area contributed by atoms with Gasteiger partial charge in [-0.15, -0.1) is 12.4 Å². The van der Waals surface area contributed by atoms with E-state index >= 15 is 0 Å². The van der Waals surface area contributed by atoms with Gasteiger partial charge in [0.15, 0.2) is 0 Å². The van der Waals surface area contributed by atoms with Crippen molar-refractivity contribution in [2.75, 3.05) is 6.54 Å². The van der Waals surface area contributed by atoms with Gasteiger partial charge in [0, 0.05) is 24.5 Å². The smallest absolute Gasteiger partial charge is 0.270 e. The molecule has 0 radical (unpaired) electrons. The number of hydrogen-bond acceptors (Lipinski definition) is 4. The topological polar surface area (TPSA) is 89.5 Å². The van der Waals surface area contributed by atoms with E-state index in [4.69, 9.17) is 5.73 Å². The van der Waals surface area contributed by atoms with Crippen molar-refractivity contribution < 1.29 is 4.79 Å². The molecule has 0 aromatic carbocycles. The van der Waals surface area contributed by atoms with Gasteiger partial charge in [0.1, 0.15) is 11.2 Å². The molecule has 0 saturated carbocycles. The van der Waals surface area contributed by atoms with Crippen LogP contribution in [-0.2, 0) is 0 Å². The van der Waals surface area contributed by atoms with Gasteiger partial charge >= 0.3 is 0 Å². The monoisotopic (exact) mass is 310 g/mol. The molecule has 114 valence electrons. The highest BCUT2D eigenvalue weighted by molar-refractivity contribution is 5.93. The summed E-state index contributed by atoms with van der Waals surface area (Å²) in [5.41, 5.74) is 6.32. The Bertz CT molecular complexity index is 719. The lowest BCUT2D eigenvalue weighted by molar-refractivity contribution is 0.0944. The molecule has 0 atom stereocenters. The first-order valence-electron chi connectivity index (χ1n) is 6.33. The molecule has 2 aromatic rings. The second-order valence-electron chi connectivity index (χ2n) is 5.58. The van der Waals surface area contributed by atoms with Crippen molar-refractivity contribution >= 4 is 24.0 Å². The van der Waals surface area contributed by atoms with E-state index in [9.17, 15) is 9.59 Å². The molecular weight excluding hydrogens is 292 g/mol. The third-order valence-electron chi connectivity index (χ3n) is 2.80. The molecule has 0 unspecified atom stereocenters. The number of aromatic nitrogens is 2. The van der Waals surface area contributed by atoms with Crippen molar-refractivity contribution in [3.63, 3.8) is 0 Å². The molecule has 2 heterocycles. The number of nitrogens with zero attached hydrogens (tertiary/aromatic N) is 2. The fourth-order valence-electron chi connectivity index (χ4n) is 1.74. The van der Waals surface area contributed by atoms with Crippen LogP contribution in [0.3, 0.4) is 0 Å². The average Bonchev–Trinajstić information content (AvgIpc) is 2.36. The minimum absolute atomic E-state index is 0. The Kier molecular flexibility index (Phi) is 5.09. The molecule has 0 spiro atoms. The van der Waals surface area contributed by atoms with Crippen molar-refractivity contribution in [3.8, 4) is 0 Å². The fourth-order valence-corrected chi connectivity index (χ4v) is 1.74. The number of amides is 1. The summed E-state index contributed by atoms with van der Waals surface area (Å²) in [4.78, 5) is 28.4.